The van der Waals surface area contributed by atoms with Gasteiger partial charge in [0.25, 0.3) is 0 Å². The van der Waals surface area contributed by atoms with E-state index in [-0.39, 0.29) is 11.7 Å². The predicted molar refractivity (Wildman–Crippen MR) is 108 cm³/mol. The maximum absolute atomic E-state index is 13.3. The summed E-state index contributed by atoms with van der Waals surface area (Å²) in [5.74, 6) is 1.07. The minimum atomic E-state index is -4.45. The second-order valence-electron chi connectivity index (χ2n) is 7.38. The van der Waals surface area contributed by atoms with Crippen molar-refractivity contribution in [2.75, 3.05) is 18.4 Å². The number of rotatable bonds is 5. The normalized spacial score (nSPS) is 15.7. The van der Waals surface area contributed by atoms with Gasteiger partial charge in [0.1, 0.15) is 18.0 Å². The van der Waals surface area contributed by atoms with Gasteiger partial charge in [0.15, 0.2) is 5.82 Å². The molecule has 0 radical (unpaired) electrons. The number of alkyl halides is 3. The summed E-state index contributed by atoms with van der Waals surface area (Å²) in [6, 6.07) is 9.59. The van der Waals surface area contributed by atoms with Gasteiger partial charge in [-0.25, -0.2) is 0 Å². The Morgan fingerprint density at radius 1 is 1.13 bits per heavy atom. The van der Waals surface area contributed by atoms with Crippen molar-refractivity contribution >= 4 is 16.6 Å². The lowest BCUT2D eigenvalue weighted by molar-refractivity contribution is -0.138. The second kappa shape index (κ2) is 7.73. The van der Waals surface area contributed by atoms with Gasteiger partial charge in [-0.3, -0.25) is 0 Å². The Bertz CT molecular complexity index is 1080. The summed E-state index contributed by atoms with van der Waals surface area (Å²) in [5.41, 5.74) is 6.68. The third-order valence-corrected chi connectivity index (χ3v) is 5.29. The highest BCUT2D eigenvalue weighted by Gasteiger charge is 2.33. The Kier molecular flexibility index (Phi) is 5.25. The number of aryl methyl sites for hydroxylation is 1. The molecule has 0 spiro atoms. The van der Waals surface area contributed by atoms with Crippen LogP contribution in [-0.4, -0.2) is 29.4 Å². The standard InChI is InChI=1S/C21H22F3N5O/c1-11-15(4-3-5-18(11)21(22,23)24)19(25)27-20-17-8-13(30-14-9-26-10-14)6-7-16(17)12(2)28-29-20/h3-8,14,19,26H,9-10,25H2,1-2H3,(H,27,29)/t19-/m0/s1. The van der Waals surface area contributed by atoms with E-state index in [0.717, 1.165) is 35.6 Å². The highest BCUT2D eigenvalue weighted by molar-refractivity contribution is 5.94. The van der Waals surface area contributed by atoms with Gasteiger partial charge in [0.2, 0.25) is 0 Å². The molecular formula is C21H22F3N5O. The fourth-order valence-corrected chi connectivity index (χ4v) is 3.51. The van der Waals surface area contributed by atoms with Gasteiger partial charge in [-0.05, 0) is 49.2 Å². The van der Waals surface area contributed by atoms with Crippen LogP contribution in [-0.2, 0) is 6.18 Å². The van der Waals surface area contributed by atoms with E-state index in [1.807, 2.05) is 25.1 Å². The number of aromatic nitrogens is 2. The van der Waals surface area contributed by atoms with E-state index in [2.05, 4.69) is 20.8 Å². The summed E-state index contributed by atoms with van der Waals surface area (Å²) in [6.45, 7) is 4.83. The first-order chi connectivity index (χ1) is 14.2. The lowest BCUT2D eigenvalue weighted by atomic mass is 10.00. The van der Waals surface area contributed by atoms with Crippen molar-refractivity contribution in [3.05, 3.63) is 58.8 Å². The Morgan fingerprint density at radius 2 is 1.90 bits per heavy atom. The third kappa shape index (κ3) is 3.90. The van der Waals surface area contributed by atoms with Crippen LogP contribution in [0.1, 0.15) is 28.6 Å². The zero-order valence-corrected chi connectivity index (χ0v) is 16.5. The maximum Gasteiger partial charge on any atom is 0.416 e. The SMILES string of the molecule is Cc1c([C@@H](N)Nc2nnc(C)c3ccc(OC4CNC4)cc23)cccc1C(F)(F)F. The molecule has 9 heteroatoms. The van der Waals surface area contributed by atoms with Crippen LogP contribution in [0.15, 0.2) is 36.4 Å². The number of benzene rings is 2. The van der Waals surface area contributed by atoms with Crippen LogP contribution in [0.5, 0.6) is 5.75 Å². The van der Waals surface area contributed by atoms with Gasteiger partial charge in [0, 0.05) is 23.9 Å². The van der Waals surface area contributed by atoms with Gasteiger partial charge in [-0.1, -0.05) is 12.1 Å². The van der Waals surface area contributed by atoms with Crippen molar-refractivity contribution in [3.63, 3.8) is 0 Å². The highest BCUT2D eigenvalue weighted by atomic mass is 19.4. The molecule has 2 heterocycles. The molecule has 1 aliphatic rings. The van der Waals surface area contributed by atoms with Crippen LogP contribution in [0.4, 0.5) is 19.0 Å². The Morgan fingerprint density at radius 3 is 2.57 bits per heavy atom. The molecule has 30 heavy (non-hydrogen) atoms. The molecule has 0 saturated carbocycles. The predicted octanol–water partition coefficient (Wildman–Crippen LogP) is 3.69. The number of fused-ring (bicyclic) bond motifs is 1. The van der Waals surface area contributed by atoms with Crippen molar-refractivity contribution in [1.82, 2.24) is 15.5 Å². The number of hydrogen-bond acceptors (Lipinski definition) is 6. The molecule has 6 nitrogen and oxygen atoms in total. The monoisotopic (exact) mass is 417 g/mol. The van der Waals surface area contributed by atoms with Gasteiger partial charge < -0.3 is 21.1 Å². The molecule has 1 saturated heterocycles. The average Bonchev–Trinajstić information content (AvgIpc) is 2.66. The fraction of sp³-hybridized carbons (Fsp3) is 0.333. The number of nitrogens with one attached hydrogen (secondary N) is 2. The summed E-state index contributed by atoms with van der Waals surface area (Å²) in [5, 5.41) is 16.1. The largest absolute Gasteiger partial charge is 0.488 e. The van der Waals surface area contributed by atoms with E-state index in [1.54, 1.807) is 6.07 Å². The minimum absolute atomic E-state index is 0.0795. The smallest absolute Gasteiger partial charge is 0.416 e. The van der Waals surface area contributed by atoms with Crippen molar-refractivity contribution < 1.29 is 17.9 Å². The lowest BCUT2D eigenvalue weighted by Gasteiger charge is -2.28. The number of nitrogens with zero attached hydrogens (tertiary/aromatic N) is 2. The third-order valence-electron chi connectivity index (χ3n) is 5.29. The molecule has 2 aromatic carbocycles. The van der Waals surface area contributed by atoms with Crippen LogP contribution < -0.4 is 21.1 Å². The Labute approximate surface area is 171 Å². The van der Waals surface area contributed by atoms with E-state index in [0.29, 0.717) is 17.1 Å². The van der Waals surface area contributed by atoms with E-state index in [1.165, 1.54) is 13.0 Å². The molecule has 4 N–H and O–H groups in total. The number of halogens is 3. The van der Waals surface area contributed by atoms with Gasteiger partial charge in [-0.15, -0.1) is 5.10 Å². The second-order valence-corrected chi connectivity index (χ2v) is 7.38. The van der Waals surface area contributed by atoms with Gasteiger partial charge in [0.05, 0.1) is 11.3 Å². The molecule has 1 aliphatic heterocycles. The number of anilines is 1. The van der Waals surface area contributed by atoms with Gasteiger partial charge >= 0.3 is 6.18 Å². The lowest BCUT2D eigenvalue weighted by Crippen LogP contribution is -2.50. The zero-order chi connectivity index (χ0) is 21.5. The van der Waals surface area contributed by atoms with Crippen LogP contribution >= 0.6 is 0 Å². The van der Waals surface area contributed by atoms with Crippen LogP contribution in [0.25, 0.3) is 10.8 Å². The quantitative estimate of drug-likeness (QED) is 0.549. The number of nitrogens with two attached hydrogens (primary N) is 1. The molecule has 3 aromatic rings. The molecular weight excluding hydrogens is 395 g/mol. The molecule has 0 amide bonds. The van der Waals surface area contributed by atoms with Crippen LogP contribution in [0.3, 0.4) is 0 Å². The molecule has 1 atom stereocenters. The van der Waals surface area contributed by atoms with Crippen LogP contribution in [0, 0.1) is 13.8 Å². The van der Waals surface area contributed by atoms with E-state index in [4.69, 9.17) is 10.5 Å². The summed E-state index contributed by atoms with van der Waals surface area (Å²) in [4.78, 5) is 0. The first-order valence-electron chi connectivity index (χ1n) is 9.57. The molecule has 158 valence electrons. The zero-order valence-electron chi connectivity index (χ0n) is 16.5. The van der Waals surface area contributed by atoms with Crippen molar-refractivity contribution in [1.29, 1.82) is 0 Å². The Balaban J connectivity index is 1.68. The molecule has 0 bridgehead atoms. The van der Waals surface area contributed by atoms with Gasteiger partial charge in [-0.2, -0.15) is 18.3 Å². The molecule has 0 unspecified atom stereocenters. The molecule has 0 aliphatic carbocycles. The first kappa shape index (κ1) is 20.4. The number of ether oxygens (including phenoxy) is 1. The molecule has 1 aromatic heterocycles. The maximum atomic E-state index is 13.3. The Hall–Kier alpha value is -2.91. The summed E-state index contributed by atoms with van der Waals surface area (Å²) >= 11 is 0. The fourth-order valence-electron chi connectivity index (χ4n) is 3.51. The van der Waals surface area contributed by atoms with Crippen molar-refractivity contribution in [2.45, 2.75) is 32.3 Å². The summed E-state index contributed by atoms with van der Waals surface area (Å²) < 4.78 is 45.7. The van der Waals surface area contributed by atoms with E-state index < -0.39 is 17.9 Å². The van der Waals surface area contributed by atoms with Crippen molar-refractivity contribution in [2.24, 2.45) is 5.73 Å². The molecule has 4 rings (SSSR count). The highest BCUT2D eigenvalue weighted by Crippen LogP contribution is 2.35. The number of hydrogen-bond donors (Lipinski definition) is 3. The summed E-state index contributed by atoms with van der Waals surface area (Å²) in [6.07, 6.45) is -5.23. The molecule has 1 fully saturated rings. The topological polar surface area (TPSA) is 85.1 Å². The van der Waals surface area contributed by atoms with Crippen molar-refractivity contribution in [3.8, 4) is 5.75 Å². The average molecular weight is 417 g/mol. The van der Waals surface area contributed by atoms with E-state index in [9.17, 15) is 13.2 Å². The van der Waals surface area contributed by atoms with E-state index >= 15 is 0 Å². The van der Waals surface area contributed by atoms with Crippen LogP contribution in [0.2, 0.25) is 0 Å². The minimum Gasteiger partial charge on any atom is -0.488 e. The summed E-state index contributed by atoms with van der Waals surface area (Å²) in [7, 11) is 0. The first-order valence-corrected chi connectivity index (χ1v) is 9.57.